The van der Waals surface area contributed by atoms with Gasteiger partial charge in [0, 0.05) is 24.7 Å². The first-order valence-corrected chi connectivity index (χ1v) is 10.4. The fraction of sp³-hybridized carbons (Fsp3) is 0.429. The van der Waals surface area contributed by atoms with Gasteiger partial charge in [0.1, 0.15) is 17.5 Å². The normalized spacial score (nSPS) is 16.9. The summed E-state index contributed by atoms with van der Waals surface area (Å²) < 4.78 is 5.33. The standard InChI is InChI=1S/C21H24ClN5O2/c1-2-17-18-19(24-13-25-21(18)29-26-17)27-11-5-7-15(12-27)20(28)23-10-9-14-6-3-4-8-16(14)22/h3-4,6,8,13,15H,2,5,7,9-12H2,1H3,(H,23,28)/t15-/m1/s1. The molecule has 1 aliphatic heterocycles. The van der Waals surface area contributed by atoms with Gasteiger partial charge < -0.3 is 14.7 Å². The fourth-order valence-corrected chi connectivity index (χ4v) is 4.09. The Hall–Kier alpha value is -2.67. The summed E-state index contributed by atoms with van der Waals surface area (Å²) in [5, 5.41) is 8.76. The molecule has 1 fully saturated rings. The van der Waals surface area contributed by atoms with Crippen LogP contribution < -0.4 is 10.2 Å². The van der Waals surface area contributed by atoms with Crippen LogP contribution in [-0.2, 0) is 17.6 Å². The number of aromatic nitrogens is 3. The lowest BCUT2D eigenvalue weighted by Gasteiger charge is -2.33. The number of hydrogen-bond acceptors (Lipinski definition) is 6. The van der Waals surface area contributed by atoms with Crippen molar-refractivity contribution in [2.24, 2.45) is 5.92 Å². The van der Waals surface area contributed by atoms with Gasteiger partial charge in [-0.05, 0) is 37.3 Å². The summed E-state index contributed by atoms with van der Waals surface area (Å²) in [5.74, 6) is 0.805. The molecule has 7 nitrogen and oxygen atoms in total. The van der Waals surface area contributed by atoms with Crippen molar-refractivity contribution in [3.63, 3.8) is 0 Å². The van der Waals surface area contributed by atoms with Gasteiger partial charge in [0.2, 0.25) is 5.91 Å². The zero-order valence-electron chi connectivity index (χ0n) is 16.4. The molecule has 4 rings (SSSR count). The van der Waals surface area contributed by atoms with Crippen LogP contribution in [0.4, 0.5) is 5.82 Å². The van der Waals surface area contributed by atoms with Crippen molar-refractivity contribution in [3.05, 3.63) is 46.9 Å². The summed E-state index contributed by atoms with van der Waals surface area (Å²) in [4.78, 5) is 23.6. The Morgan fingerprint density at radius 3 is 3.03 bits per heavy atom. The topological polar surface area (TPSA) is 84.2 Å². The maximum absolute atomic E-state index is 12.8. The molecule has 0 bridgehead atoms. The molecule has 1 aliphatic rings. The largest absolute Gasteiger partial charge is 0.355 e. The van der Waals surface area contributed by atoms with Gasteiger partial charge in [0.05, 0.1) is 11.6 Å². The molecule has 2 aromatic heterocycles. The van der Waals surface area contributed by atoms with Crippen LogP contribution in [0.25, 0.3) is 11.1 Å². The third-order valence-electron chi connectivity index (χ3n) is 5.40. The van der Waals surface area contributed by atoms with E-state index in [-0.39, 0.29) is 11.8 Å². The highest BCUT2D eigenvalue weighted by molar-refractivity contribution is 6.31. The zero-order valence-corrected chi connectivity index (χ0v) is 17.2. The van der Waals surface area contributed by atoms with E-state index >= 15 is 0 Å². The van der Waals surface area contributed by atoms with Crippen molar-refractivity contribution in [3.8, 4) is 0 Å². The maximum Gasteiger partial charge on any atom is 0.263 e. The van der Waals surface area contributed by atoms with Crippen LogP contribution >= 0.6 is 11.6 Å². The van der Waals surface area contributed by atoms with Gasteiger partial charge >= 0.3 is 0 Å². The van der Waals surface area contributed by atoms with Crippen LogP contribution in [0, 0.1) is 5.92 Å². The number of halogens is 1. The molecule has 1 N–H and O–H groups in total. The van der Waals surface area contributed by atoms with E-state index in [2.05, 4.69) is 25.3 Å². The Morgan fingerprint density at radius 1 is 1.34 bits per heavy atom. The molecule has 1 atom stereocenters. The number of carbonyl (C=O) groups is 1. The van der Waals surface area contributed by atoms with Crippen LogP contribution in [0.1, 0.15) is 31.0 Å². The number of fused-ring (bicyclic) bond motifs is 1. The summed E-state index contributed by atoms with van der Waals surface area (Å²) in [6.45, 7) is 4.07. The van der Waals surface area contributed by atoms with E-state index in [1.54, 1.807) is 0 Å². The Labute approximate surface area is 174 Å². The third-order valence-corrected chi connectivity index (χ3v) is 5.77. The average molecular weight is 414 g/mol. The zero-order chi connectivity index (χ0) is 20.2. The van der Waals surface area contributed by atoms with Gasteiger partial charge in [-0.3, -0.25) is 4.79 Å². The van der Waals surface area contributed by atoms with E-state index in [1.807, 2.05) is 31.2 Å². The summed E-state index contributed by atoms with van der Waals surface area (Å²) in [5.41, 5.74) is 2.39. The molecule has 1 aromatic carbocycles. The lowest BCUT2D eigenvalue weighted by molar-refractivity contribution is -0.125. The summed E-state index contributed by atoms with van der Waals surface area (Å²) in [6, 6.07) is 7.72. The average Bonchev–Trinajstić information content (AvgIpc) is 3.18. The van der Waals surface area contributed by atoms with Crippen LogP contribution in [0.15, 0.2) is 35.1 Å². The second kappa shape index (κ2) is 8.78. The van der Waals surface area contributed by atoms with Crippen molar-refractivity contribution in [2.75, 3.05) is 24.5 Å². The smallest absolute Gasteiger partial charge is 0.263 e. The van der Waals surface area contributed by atoms with Gasteiger partial charge in [-0.15, -0.1) is 0 Å². The SMILES string of the molecule is CCc1noc2ncnc(N3CCC[C@@H](C(=O)NCCc4ccccc4Cl)C3)c12. The summed E-state index contributed by atoms with van der Waals surface area (Å²) >= 11 is 6.19. The number of nitrogens with one attached hydrogen (secondary N) is 1. The number of aryl methyl sites for hydroxylation is 1. The Balaban J connectivity index is 1.41. The van der Waals surface area contributed by atoms with Crippen molar-refractivity contribution in [1.29, 1.82) is 0 Å². The van der Waals surface area contributed by atoms with Crippen LogP contribution in [0.3, 0.4) is 0 Å². The minimum absolute atomic E-state index is 0.0769. The minimum Gasteiger partial charge on any atom is -0.355 e. The van der Waals surface area contributed by atoms with Gasteiger partial charge in [-0.2, -0.15) is 4.98 Å². The van der Waals surface area contributed by atoms with Gasteiger partial charge in [-0.1, -0.05) is 41.9 Å². The van der Waals surface area contributed by atoms with E-state index in [4.69, 9.17) is 16.1 Å². The molecule has 0 aliphatic carbocycles. The number of anilines is 1. The summed E-state index contributed by atoms with van der Waals surface area (Å²) in [6.07, 6.45) is 4.76. The monoisotopic (exact) mass is 413 g/mol. The van der Waals surface area contributed by atoms with Gasteiger partial charge in [0.15, 0.2) is 0 Å². The molecule has 1 amide bonds. The van der Waals surface area contributed by atoms with E-state index in [0.717, 1.165) is 59.7 Å². The van der Waals surface area contributed by atoms with Crippen molar-refractivity contribution in [1.82, 2.24) is 20.4 Å². The first-order valence-electron chi connectivity index (χ1n) is 10.0. The fourth-order valence-electron chi connectivity index (χ4n) is 3.86. The van der Waals surface area contributed by atoms with Crippen molar-refractivity contribution < 1.29 is 9.32 Å². The lowest BCUT2D eigenvalue weighted by Crippen LogP contribution is -2.44. The third kappa shape index (κ3) is 4.19. The number of rotatable bonds is 6. The molecule has 29 heavy (non-hydrogen) atoms. The lowest BCUT2D eigenvalue weighted by atomic mass is 9.96. The molecule has 3 heterocycles. The van der Waals surface area contributed by atoms with E-state index < -0.39 is 0 Å². The maximum atomic E-state index is 12.8. The van der Waals surface area contributed by atoms with Crippen LogP contribution in [0.5, 0.6) is 0 Å². The second-order valence-corrected chi connectivity index (χ2v) is 7.69. The molecule has 152 valence electrons. The van der Waals surface area contributed by atoms with E-state index in [0.29, 0.717) is 18.8 Å². The first kappa shape index (κ1) is 19.6. The number of benzene rings is 1. The molecule has 0 spiro atoms. The molecule has 1 saturated heterocycles. The van der Waals surface area contributed by atoms with Gasteiger partial charge in [0.25, 0.3) is 5.71 Å². The molecular weight excluding hydrogens is 390 g/mol. The Morgan fingerprint density at radius 2 is 2.21 bits per heavy atom. The highest BCUT2D eigenvalue weighted by Gasteiger charge is 2.28. The summed E-state index contributed by atoms with van der Waals surface area (Å²) in [7, 11) is 0. The quantitative estimate of drug-likeness (QED) is 0.666. The van der Waals surface area contributed by atoms with Crippen molar-refractivity contribution >= 4 is 34.4 Å². The molecule has 0 unspecified atom stereocenters. The van der Waals surface area contributed by atoms with E-state index in [1.165, 1.54) is 6.33 Å². The number of nitrogens with zero attached hydrogens (tertiary/aromatic N) is 4. The molecule has 3 aromatic rings. The first-order chi connectivity index (χ1) is 14.2. The van der Waals surface area contributed by atoms with E-state index in [9.17, 15) is 4.79 Å². The molecule has 0 saturated carbocycles. The predicted molar refractivity (Wildman–Crippen MR) is 112 cm³/mol. The van der Waals surface area contributed by atoms with Crippen molar-refractivity contribution in [2.45, 2.75) is 32.6 Å². The number of amides is 1. The van der Waals surface area contributed by atoms with Crippen LogP contribution in [-0.4, -0.2) is 40.7 Å². The molecule has 8 heteroatoms. The predicted octanol–water partition coefficient (Wildman–Crippen LogP) is 3.41. The highest BCUT2D eigenvalue weighted by Crippen LogP contribution is 2.30. The number of hydrogen-bond donors (Lipinski definition) is 1. The van der Waals surface area contributed by atoms with Crippen LogP contribution in [0.2, 0.25) is 5.02 Å². The molecule has 0 radical (unpaired) electrons. The molecular formula is C21H24ClN5O2. The number of carbonyl (C=O) groups excluding carboxylic acids is 1. The van der Waals surface area contributed by atoms with Gasteiger partial charge in [-0.25, -0.2) is 4.98 Å². The Kier molecular flexibility index (Phi) is 5.94. The second-order valence-electron chi connectivity index (χ2n) is 7.28. The minimum atomic E-state index is -0.0788. The number of piperidine rings is 1. The highest BCUT2D eigenvalue weighted by atomic mass is 35.5. The Bertz CT molecular complexity index is 1010.